The van der Waals surface area contributed by atoms with E-state index in [1.54, 1.807) is 24.9 Å². The van der Waals surface area contributed by atoms with Crippen molar-refractivity contribution < 1.29 is 13.2 Å². The van der Waals surface area contributed by atoms with Gasteiger partial charge in [0.15, 0.2) is 16.5 Å². The normalized spacial score (nSPS) is 12.1. The van der Waals surface area contributed by atoms with Gasteiger partial charge in [0.2, 0.25) is 0 Å². The van der Waals surface area contributed by atoms with Gasteiger partial charge in [0, 0.05) is 26.0 Å². The molecule has 2 aromatic rings. The van der Waals surface area contributed by atoms with E-state index < -0.39 is 11.9 Å². The summed E-state index contributed by atoms with van der Waals surface area (Å²) in [5.41, 5.74) is -0.833. The van der Waals surface area contributed by atoms with Crippen molar-refractivity contribution >= 4 is 11.3 Å². The molecule has 2 heterocycles. The van der Waals surface area contributed by atoms with Crippen LogP contribution in [0.1, 0.15) is 10.6 Å². The van der Waals surface area contributed by atoms with Gasteiger partial charge in [-0.15, -0.1) is 11.3 Å². The molecule has 0 atom stereocenters. The van der Waals surface area contributed by atoms with Crippen LogP contribution in [0.2, 0.25) is 0 Å². The molecule has 8 heteroatoms. The number of thiazole rings is 1. The lowest BCUT2D eigenvalue weighted by Crippen LogP contribution is -2.12. The fourth-order valence-electron chi connectivity index (χ4n) is 1.52. The predicted molar refractivity (Wildman–Crippen MR) is 62.1 cm³/mol. The maximum atomic E-state index is 12.8. The number of aromatic nitrogens is 3. The molecule has 0 aromatic carbocycles. The van der Waals surface area contributed by atoms with E-state index in [0.717, 1.165) is 11.3 Å². The minimum absolute atomic E-state index is 0.136. The Morgan fingerprint density at radius 2 is 2.17 bits per heavy atom. The van der Waals surface area contributed by atoms with Crippen LogP contribution in [0.15, 0.2) is 12.4 Å². The second-order valence-electron chi connectivity index (χ2n) is 3.68. The summed E-state index contributed by atoms with van der Waals surface area (Å²) < 4.78 is 40.1. The smallest absolute Gasteiger partial charge is 0.332 e. The van der Waals surface area contributed by atoms with Crippen molar-refractivity contribution in [1.29, 1.82) is 0 Å². The third-order valence-corrected chi connectivity index (χ3v) is 3.37. The van der Waals surface area contributed by atoms with Crippen molar-refractivity contribution in [2.24, 2.45) is 7.05 Å². The third kappa shape index (κ3) is 2.39. The van der Waals surface area contributed by atoms with Crippen molar-refractivity contribution in [3.05, 3.63) is 23.0 Å². The molecule has 0 aliphatic rings. The van der Waals surface area contributed by atoms with Crippen molar-refractivity contribution in [2.45, 2.75) is 12.7 Å². The van der Waals surface area contributed by atoms with Gasteiger partial charge in [-0.05, 0) is 7.05 Å². The van der Waals surface area contributed by atoms with Crippen LogP contribution in [0.5, 0.6) is 0 Å². The molecule has 0 bridgehead atoms. The van der Waals surface area contributed by atoms with Crippen LogP contribution in [0.3, 0.4) is 0 Å². The van der Waals surface area contributed by atoms with E-state index in [0.29, 0.717) is 5.82 Å². The van der Waals surface area contributed by atoms with Gasteiger partial charge in [0.1, 0.15) is 0 Å². The van der Waals surface area contributed by atoms with Crippen molar-refractivity contribution in [3.63, 3.8) is 0 Å². The number of rotatable bonds is 3. The van der Waals surface area contributed by atoms with Crippen LogP contribution in [0.4, 0.5) is 13.2 Å². The Kier molecular flexibility index (Phi) is 3.40. The standard InChI is InChI=1S/C10H11F3N4S/c1-14-5-6-7(10(11,12)13)16-9(18-6)8-15-3-4-17(8)2/h3-4,14H,5H2,1-2H3. The second kappa shape index (κ2) is 4.69. The summed E-state index contributed by atoms with van der Waals surface area (Å²) in [5.74, 6) is 0.438. The molecule has 0 radical (unpaired) electrons. The van der Waals surface area contributed by atoms with Gasteiger partial charge in [0.25, 0.3) is 0 Å². The van der Waals surface area contributed by atoms with Gasteiger partial charge in [-0.25, -0.2) is 9.97 Å². The van der Waals surface area contributed by atoms with E-state index in [1.165, 1.54) is 6.20 Å². The second-order valence-corrected chi connectivity index (χ2v) is 4.76. The van der Waals surface area contributed by atoms with E-state index in [-0.39, 0.29) is 16.4 Å². The third-order valence-electron chi connectivity index (χ3n) is 2.32. The maximum absolute atomic E-state index is 12.8. The topological polar surface area (TPSA) is 42.7 Å². The minimum Gasteiger partial charge on any atom is -0.332 e. The number of nitrogens with one attached hydrogen (secondary N) is 1. The number of aryl methyl sites for hydroxylation is 1. The summed E-state index contributed by atoms with van der Waals surface area (Å²) in [5, 5.41) is 2.99. The van der Waals surface area contributed by atoms with E-state index >= 15 is 0 Å². The summed E-state index contributed by atoms with van der Waals surface area (Å²) in [4.78, 5) is 7.85. The number of nitrogens with zero attached hydrogens (tertiary/aromatic N) is 3. The molecule has 0 saturated heterocycles. The van der Waals surface area contributed by atoms with E-state index in [4.69, 9.17) is 0 Å². The summed E-state index contributed by atoms with van der Waals surface area (Å²) >= 11 is 1.01. The van der Waals surface area contributed by atoms with Gasteiger partial charge in [-0.1, -0.05) is 0 Å². The zero-order chi connectivity index (χ0) is 13.3. The Bertz CT molecular complexity index is 544. The van der Waals surface area contributed by atoms with Crippen molar-refractivity contribution in [1.82, 2.24) is 19.9 Å². The summed E-state index contributed by atoms with van der Waals surface area (Å²) in [7, 11) is 3.31. The Hall–Kier alpha value is -1.41. The van der Waals surface area contributed by atoms with Gasteiger partial charge in [0.05, 0.1) is 4.88 Å². The highest BCUT2D eigenvalue weighted by Gasteiger charge is 2.37. The van der Waals surface area contributed by atoms with E-state index in [2.05, 4.69) is 15.3 Å². The molecule has 0 saturated carbocycles. The molecule has 0 unspecified atom stereocenters. The highest BCUT2D eigenvalue weighted by atomic mass is 32.1. The van der Waals surface area contributed by atoms with Crippen LogP contribution < -0.4 is 5.32 Å². The fraction of sp³-hybridized carbons (Fsp3) is 0.400. The maximum Gasteiger partial charge on any atom is 0.434 e. The molecule has 0 aliphatic carbocycles. The van der Waals surface area contributed by atoms with Gasteiger partial charge >= 0.3 is 6.18 Å². The highest BCUT2D eigenvalue weighted by Crippen LogP contribution is 2.37. The zero-order valence-corrected chi connectivity index (χ0v) is 10.6. The number of halogens is 3. The van der Waals surface area contributed by atoms with Crippen LogP contribution >= 0.6 is 11.3 Å². The molecule has 4 nitrogen and oxygen atoms in total. The Morgan fingerprint density at radius 1 is 1.44 bits per heavy atom. The van der Waals surface area contributed by atoms with Crippen molar-refractivity contribution in [3.8, 4) is 10.8 Å². The molecule has 0 spiro atoms. The molecule has 98 valence electrons. The lowest BCUT2D eigenvalue weighted by molar-refractivity contribution is -0.141. The molecule has 2 rings (SSSR count). The number of alkyl halides is 3. The Balaban J connectivity index is 2.49. The molecule has 1 N–H and O–H groups in total. The quantitative estimate of drug-likeness (QED) is 0.935. The Labute approximate surface area is 105 Å². The van der Waals surface area contributed by atoms with Crippen LogP contribution in [-0.2, 0) is 19.8 Å². The first-order chi connectivity index (χ1) is 8.43. The van der Waals surface area contributed by atoms with Crippen LogP contribution in [-0.4, -0.2) is 21.6 Å². The molecular weight excluding hydrogens is 265 g/mol. The number of imidazole rings is 1. The van der Waals surface area contributed by atoms with Gasteiger partial charge in [-0.2, -0.15) is 13.2 Å². The lowest BCUT2D eigenvalue weighted by Gasteiger charge is -2.04. The van der Waals surface area contributed by atoms with Gasteiger partial charge < -0.3 is 9.88 Å². The fourth-order valence-corrected chi connectivity index (χ4v) is 2.65. The average Bonchev–Trinajstić information content (AvgIpc) is 2.83. The van der Waals surface area contributed by atoms with Crippen LogP contribution in [0.25, 0.3) is 10.8 Å². The van der Waals surface area contributed by atoms with E-state index in [1.807, 2.05) is 0 Å². The average molecular weight is 276 g/mol. The number of hydrogen-bond acceptors (Lipinski definition) is 4. The lowest BCUT2D eigenvalue weighted by atomic mass is 10.3. The largest absolute Gasteiger partial charge is 0.434 e. The first-order valence-electron chi connectivity index (χ1n) is 5.12. The van der Waals surface area contributed by atoms with E-state index in [9.17, 15) is 13.2 Å². The SMILES string of the molecule is CNCc1sc(-c2nccn2C)nc1C(F)(F)F. The predicted octanol–water partition coefficient (Wildman–Crippen LogP) is 2.28. The highest BCUT2D eigenvalue weighted by molar-refractivity contribution is 7.15. The molecule has 0 aliphatic heterocycles. The molecule has 0 amide bonds. The minimum atomic E-state index is -4.44. The summed E-state index contributed by atoms with van der Waals surface area (Å²) in [6, 6.07) is 0. The first-order valence-corrected chi connectivity index (χ1v) is 5.94. The van der Waals surface area contributed by atoms with Crippen molar-refractivity contribution in [2.75, 3.05) is 7.05 Å². The molecule has 0 fully saturated rings. The monoisotopic (exact) mass is 276 g/mol. The molecule has 18 heavy (non-hydrogen) atoms. The van der Waals surface area contributed by atoms with Crippen LogP contribution in [0, 0.1) is 0 Å². The Morgan fingerprint density at radius 3 is 2.67 bits per heavy atom. The van der Waals surface area contributed by atoms with Gasteiger partial charge in [-0.3, -0.25) is 0 Å². The zero-order valence-electron chi connectivity index (χ0n) is 9.75. The molecular formula is C10H11F3N4S. The first kappa shape index (κ1) is 13.0. The molecule has 2 aromatic heterocycles. The summed E-state index contributed by atoms with van der Waals surface area (Å²) in [6.45, 7) is 0.136. The summed E-state index contributed by atoms with van der Waals surface area (Å²) in [6.07, 6.45) is -1.24. The number of hydrogen-bond donors (Lipinski definition) is 1.